The van der Waals surface area contributed by atoms with Crippen molar-refractivity contribution in [1.82, 2.24) is 20.1 Å². The monoisotopic (exact) mass is 380 g/mol. The fraction of sp³-hybridized carbons (Fsp3) is 0.286. The molecule has 0 aliphatic heterocycles. The average Bonchev–Trinajstić information content (AvgIpc) is 3.08. The SMILES string of the molecule is CCCC(NC(=O)CSc1nnc(C)n1-c1ccccc1)c1ccccc1. The molecule has 0 aliphatic carbocycles. The van der Waals surface area contributed by atoms with Gasteiger partial charge >= 0.3 is 0 Å². The van der Waals surface area contributed by atoms with E-state index >= 15 is 0 Å². The van der Waals surface area contributed by atoms with Crippen molar-refractivity contribution >= 4 is 17.7 Å². The molecule has 1 N–H and O–H groups in total. The van der Waals surface area contributed by atoms with Crippen LogP contribution in [0, 0.1) is 6.92 Å². The average molecular weight is 381 g/mol. The summed E-state index contributed by atoms with van der Waals surface area (Å²) in [5.41, 5.74) is 2.14. The van der Waals surface area contributed by atoms with Gasteiger partial charge in [0.15, 0.2) is 5.16 Å². The molecule has 0 spiro atoms. The second-order valence-electron chi connectivity index (χ2n) is 6.31. The highest BCUT2D eigenvalue weighted by atomic mass is 32.2. The van der Waals surface area contributed by atoms with Crippen molar-refractivity contribution in [2.45, 2.75) is 37.9 Å². The molecule has 1 aromatic heterocycles. The van der Waals surface area contributed by atoms with E-state index < -0.39 is 0 Å². The van der Waals surface area contributed by atoms with Gasteiger partial charge in [-0.3, -0.25) is 9.36 Å². The lowest BCUT2D eigenvalue weighted by molar-refractivity contribution is -0.119. The Hall–Kier alpha value is -2.60. The zero-order valence-electron chi connectivity index (χ0n) is 15.6. The van der Waals surface area contributed by atoms with E-state index in [1.165, 1.54) is 11.8 Å². The lowest BCUT2D eigenvalue weighted by atomic mass is 10.0. The van der Waals surface area contributed by atoms with Crippen LogP contribution in [0.4, 0.5) is 0 Å². The van der Waals surface area contributed by atoms with E-state index in [9.17, 15) is 4.79 Å². The summed E-state index contributed by atoms with van der Waals surface area (Å²) in [5.74, 6) is 1.11. The fourth-order valence-electron chi connectivity index (χ4n) is 2.97. The van der Waals surface area contributed by atoms with Crippen molar-refractivity contribution in [3.63, 3.8) is 0 Å². The highest BCUT2D eigenvalue weighted by Crippen LogP contribution is 2.23. The molecule has 2 aromatic carbocycles. The van der Waals surface area contributed by atoms with E-state index in [0.717, 1.165) is 35.1 Å². The van der Waals surface area contributed by atoms with Crippen molar-refractivity contribution in [1.29, 1.82) is 0 Å². The Morgan fingerprint density at radius 2 is 1.74 bits per heavy atom. The first-order chi connectivity index (χ1) is 13.2. The maximum absolute atomic E-state index is 12.5. The first kappa shape index (κ1) is 19.2. The lowest BCUT2D eigenvalue weighted by Crippen LogP contribution is -2.30. The molecule has 0 saturated carbocycles. The van der Waals surface area contributed by atoms with Crippen LogP contribution in [0.25, 0.3) is 5.69 Å². The minimum absolute atomic E-state index is 0.00238. The topological polar surface area (TPSA) is 59.8 Å². The molecule has 5 nitrogen and oxygen atoms in total. The zero-order chi connectivity index (χ0) is 19.1. The molecule has 140 valence electrons. The van der Waals surface area contributed by atoms with Crippen LogP contribution in [0.3, 0.4) is 0 Å². The Morgan fingerprint density at radius 3 is 2.41 bits per heavy atom. The minimum Gasteiger partial charge on any atom is -0.349 e. The summed E-state index contributed by atoms with van der Waals surface area (Å²) < 4.78 is 1.97. The number of aryl methyl sites for hydroxylation is 1. The third-order valence-electron chi connectivity index (χ3n) is 4.26. The lowest BCUT2D eigenvalue weighted by Gasteiger charge is -2.18. The van der Waals surface area contributed by atoms with E-state index in [1.54, 1.807) is 0 Å². The van der Waals surface area contributed by atoms with E-state index in [2.05, 4.69) is 34.6 Å². The number of benzene rings is 2. The van der Waals surface area contributed by atoms with Gasteiger partial charge in [0.2, 0.25) is 5.91 Å². The molecule has 0 aliphatic rings. The first-order valence-corrected chi connectivity index (χ1v) is 10.1. The predicted molar refractivity (Wildman–Crippen MR) is 109 cm³/mol. The molecule has 1 heterocycles. The third kappa shape index (κ3) is 4.98. The van der Waals surface area contributed by atoms with Gasteiger partial charge in [0.25, 0.3) is 0 Å². The summed E-state index contributed by atoms with van der Waals surface area (Å²) in [4.78, 5) is 12.5. The van der Waals surface area contributed by atoms with Crippen LogP contribution < -0.4 is 5.32 Å². The van der Waals surface area contributed by atoms with Crippen LogP contribution in [0.1, 0.15) is 37.2 Å². The first-order valence-electron chi connectivity index (χ1n) is 9.13. The van der Waals surface area contributed by atoms with Crippen LogP contribution in [0.5, 0.6) is 0 Å². The molecule has 1 unspecified atom stereocenters. The van der Waals surface area contributed by atoms with Crippen LogP contribution in [0.2, 0.25) is 0 Å². The maximum atomic E-state index is 12.5. The van der Waals surface area contributed by atoms with E-state index in [1.807, 2.05) is 60.0 Å². The molecule has 1 atom stereocenters. The number of nitrogens with zero attached hydrogens (tertiary/aromatic N) is 3. The number of para-hydroxylation sites is 1. The molecule has 0 bridgehead atoms. The number of carbonyl (C=O) groups excluding carboxylic acids is 1. The van der Waals surface area contributed by atoms with E-state index in [4.69, 9.17) is 0 Å². The molecular weight excluding hydrogens is 356 g/mol. The third-order valence-corrected chi connectivity index (χ3v) is 5.19. The van der Waals surface area contributed by atoms with Crippen molar-refractivity contribution in [2.24, 2.45) is 0 Å². The summed E-state index contributed by atoms with van der Waals surface area (Å²) in [7, 11) is 0. The fourth-order valence-corrected chi connectivity index (χ4v) is 3.78. The predicted octanol–water partition coefficient (Wildman–Crippen LogP) is 4.33. The van der Waals surface area contributed by atoms with Crippen molar-refractivity contribution in [3.05, 3.63) is 72.1 Å². The second kappa shape index (κ2) is 9.37. The van der Waals surface area contributed by atoms with Gasteiger partial charge in [0.1, 0.15) is 5.82 Å². The highest BCUT2D eigenvalue weighted by Gasteiger charge is 2.16. The zero-order valence-corrected chi connectivity index (χ0v) is 16.4. The van der Waals surface area contributed by atoms with Gasteiger partial charge in [-0.2, -0.15) is 0 Å². The number of amides is 1. The number of hydrogen-bond acceptors (Lipinski definition) is 4. The quantitative estimate of drug-likeness (QED) is 0.591. The molecule has 27 heavy (non-hydrogen) atoms. The van der Waals surface area contributed by atoms with Gasteiger partial charge in [-0.05, 0) is 31.0 Å². The van der Waals surface area contributed by atoms with Gasteiger partial charge in [-0.15, -0.1) is 10.2 Å². The van der Waals surface area contributed by atoms with Gasteiger partial charge in [0.05, 0.1) is 11.8 Å². The summed E-state index contributed by atoms with van der Waals surface area (Å²) in [6, 6.07) is 20.1. The van der Waals surface area contributed by atoms with E-state index in [-0.39, 0.29) is 11.9 Å². The van der Waals surface area contributed by atoms with Gasteiger partial charge < -0.3 is 5.32 Å². The Kier molecular flexibility index (Phi) is 6.65. The summed E-state index contributed by atoms with van der Waals surface area (Å²) in [6.07, 6.45) is 1.92. The van der Waals surface area contributed by atoms with Crippen LogP contribution >= 0.6 is 11.8 Å². The van der Waals surface area contributed by atoms with Crippen molar-refractivity contribution in [2.75, 3.05) is 5.75 Å². The Balaban J connectivity index is 1.66. The molecular formula is C21H24N4OS. The van der Waals surface area contributed by atoms with Crippen LogP contribution in [-0.2, 0) is 4.79 Å². The van der Waals surface area contributed by atoms with Crippen molar-refractivity contribution in [3.8, 4) is 5.69 Å². The van der Waals surface area contributed by atoms with Gasteiger partial charge in [-0.25, -0.2) is 0 Å². The Labute approximate surface area is 164 Å². The second-order valence-corrected chi connectivity index (χ2v) is 7.25. The number of carbonyl (C=O) groups is 1. The summed E-state index contributed by atoms with van der Waals surface area (Å²) in [6.45, 7) is 4.04. The summed E-state index contributed by atoms with van der Waals surface area (Å²) in [5, 5.41) is 12.3. The van der Waals surface area contributed by atoms with Crippen LogP contribution in [0.15, 0.2) is 65.8 Å². The molecule has 0 radical (unpaired) electrons. The minimum atomic E-state index is 0.00238. The van der Waals surface area contributed by atoms with Crippen LogP contribution in [-0.4, -0.2) is 26.4 Å². The maximum Gasteiger partial charge on any atom is 0.230 e. The molecule has 6 heteroatoms. The van der Waals surface area contributed by atoms with Crippen molar-refractivity contribution < 1.29 is 4.79 Å². The number of thioether (sulfide) groups is 1. The largest absolute Gasteiger partial charge is 0.349 e. The Bertz CT molecular complexity index is 864. The summed E-state index contributed by atoms with van der Waals surface area (Å²) >= 11 is 1.40. The highest BCUT2D eigenvalue weighted by molar-refractivity contribution is 7.99. The molecule has 3 aromatic rings. The number of aromatic nitrogens is 3. The normalized spacial score (nSPS) is 11.9. The molecule has 0 saturated heterocycles. The Morgan fingerprint density at radius 1 is 1.07 bits per heavy atom. The number of hydrogen-bond donors (Lipinski definition) is 1. The standard InChI is InChI=1S/C21H24N4OS/c1-3-10-19(17-11-6-4-7-12-17)22-20(26)15-27-21-24-23-16(2)25(21)18-13-8-5-9-14-18/h4-9,11-14,19H,3,10,15H2,1-2H3,(H,22,26). The molecule has 0 fully saturated rings. The number of rotatable bonds is 8. The molecule has 3 rings (SSSR count). The molecule has 1 amide bonds. The number of nitrogens with one attached hydrogen (secondary N) is 1. The smallest absolute Gasteiger partial charge is 0.230 e. The van der Waals surface area contributed by atoms with Gasteiger partial charge in [-0.1, -0.05) is 73.6 Å². The van der Waals surface area contributed by atoms with Gasteiger partial charge in [0, 0.05) is 5.69 Å². The van der Waals surface area contributed by atoms with E-state index in [0.29, 0.717) is 5.75 Å².